The van der Waals surface area contributed by atoms with E-state index < -0.39 is 5.82 Å². The Hall–Kier alpha value is -2.80. The minimum Gasteiger partial charge on any atom is -0.324 e. The largest absolute Gasteiger partial charge is 0.324 e. The number of nitrogens with zero attached hydrogens (tertiary/aromatic N) is 1. The molecule has 1 aromatic heterocycles. The second kappa shape index (κ2) is 8.14. The first-order valence-corrected chi connectivity index (χ1v) is 9.93. The van der Waals surface area contributed by atoms with E-state index >= 15 is 0 Å². The molecule has 9 heteroatoms. The normalized spacial score (nSPS) is 11.0. The number of halogens is 4. The van der Waals surface area contributed by atoms with Gasteiger partial charge in [0.05, 0.1) is 31.8 Å². The SMILES string of the molecule is Cc1cc2[nH]c(Nc3c(Cl)cccc3Cl)nc2cc1C(=O)Nc1ccc(Cl)c(F)c1. The van der Waals surface area contributed by atoms with Gasteiger partial charge in [-0.3, -0.25) is 4.79 Å². The number of hydrogen-bond acceptors (Lipinski definition) is 3. The highest BCUT2D eigenvalue weighted by Crippen LogP contribution is 2.32. The minimum absolute atomic E-state index is 0.0132. The third-order valence-electron chi connectivity index (χ3n) is 4.46. The van der Waals surface area contributed by atoms with E-state index in [9.17, 15) is 9.18 Å². The molecule has 0 radical (unpaired) electrons. The number of anilines is 3. The van der Waals surface area contributed by atoms with Crippen molar-refractivity contribution in [3.05, 3.63) is 80.5 Å². The molecule has 0 saturated heterocycles. The van der Waals surface area contributed by atoms with Crippen LogP contribution in [0.15, 0.2) is 48.5 Å². The summed E-state index contributed by atoms with van der Waals surface area (Å²) >= 11 is 18.1. The average molecular weight is 464 g/mol. The highest BCUT2D eigenvalue weighted by atomic mass is 35.5. The lowest BCUT2D eigenvalue weighted by atomic mass is 10.1. The van der Waals surface area contributed by atoms with Crippen molar-refractivity contribution in [2.45, 2.75) is 6.92 Å². The predicted octanol–water partition coefficient (Wildman–Crippen LogP) is 6.97. The molecule has 30 heavy (non-hydrogen) atoms. The summed E-state index contributed by atoms with van der Waals surface area (Å²) in [4.78, 5) is 20.3. The number of para-hydroxylation sites is 1. The number of H-pyrrole nitrogens is 1. The molecule has 0 fully saturated rings. The Labute approximate surface area is 186 Å². The fourth-order valence-corrected chi connectivity index (χ4v) is 3.59. The van der Waals surface area contributed by atoms with Crippen LogP contribution in [0, 0.1) is 12.7 Å². The molecular weight excluding hydrogens is 450 g/mol. The Morgan fingerprint density at radius 3 is 2.47 bits per heavy atom. The Morgan fingerprint density at radius 1 is 1.03 bits per heavy atom. The van der Waals surface area contributed by atoms with Gasteiger partial charge in [-0.2, -0.15) is 0 Å². The first kappa shape index (κ1) is 20.5. The Kier molecular flexibility index (Phi) is 5.56. The van der Waals surface area contributed by atoms with Crippen LogP contribution < -0.4 is 10.6 Å². The molecule has 3 aromatic carbocycles. The van der Waals surface area contributed by atoms with Gasteiger partial charge in [0.25, 0.3) is 5.91 Å². The topological polar surface area (TPSA) is 69.8 Å². The third-order valence-corrected chi connectivity index (χ3v) is 5.39. The van der Waals surface area contributed by atoms with Crippen LogP contribution in [0.1, 0.15) is 15.9 Å². The monoisotopic (exact) mass is 462 g/mol. The number of amides is 1. The van der Waals surface area contributed by atoms with Crippen LogP contribution >= 0.6 is 34.8 Å². The molecular formula is C21H14Cl3FN4O. The van der Waals surface area contributed by atoms with Crippen molar-refractivity contribution in [2.24, 2.45) is 0 Å². The molecule has 4 aromatic rings. The van der Waals surface area contributed by atoms with E-state index in [0.29, 0.717) is 38.4 Å². The van der Waals surface area contributed by atoms with Crippen molar-refractivity contribution >= 4 is 69.1 Å². The van der Waals surface area contributed by atoms with Crippen molar-refractivity contribution in [3.8, 4) is 0 Å². The van der Waals surface area contributed by atoms with Crippen LogP contribution in [0.5, 0.6) is 0 Å². The molecule has 0 aliphatic rings. The predicted molar refractivity (Wildman–Crippen MR) is 120 cm³/mol. The van der Waals surface area contributed by atoms with E-state index in [1.165, 1.54) is 12.1 Å². The molecule has 0 saturated carbocycles. The number of imidazole rings is 1. The molecule has 4 rings (SSSR count). The van der Waals surface area contributed by atoms with Gasteiger partial charge in [0.1, 0.15) is 5.82 Å². The standard InChI is InChI=1S/C21H14Cl3FN4O/c1-10-7-17-18(28-21(27-17)29-19-14(23)3-2-4-15(19)24)9-12(10)20(30)26-11-5-6-13(22)16(25)8-11/h2-9H,1H3,(H,26,30)(H2,27,28,29). The van der Waals surface area contributed by atoms with Gasteiger partial charge in [-0.15, -0.1) is 0 Å². The molecule has 0 atom stereocenters. The Balaban J connectivity index is 1.63. The Morgan fingerprint density at radius 2 is 1.77 bits per heavy atom. The summed E-state index contributed by atoms with van der Waals surface area (Å²) in [7, 11) is 0. The molecule has 152 valence electrons. The number of aryl methyl sites for hydroxylation is 1. The molecule has 5 nitrogen and oxygen atoms in total. The highest BCUT2D eigenvalue weighted by molar-refractivity contribution is 6.39. The van der Waals surface area contributed by atoms with Gasteiger partial charge in [-0.25, -0.2) is 9.37 Å². The van der Waals surface area contributed by atoms with Crippen LogP contribution in [0.3, 0.4) is 0 Å². The van der Waals surface area contributed by atoms with Gasteiger partial charge >= 0.3 is 0 Å². The molecule has 3 N–H and O–H groups in total. The lowest BCUT2D eigenvalue weighted by molar-refractivity contribution is 0.102. The summed E-state index contributed by atoms with van der Waals surface area (Å²) in [5, 5.41) is 6.62. The van der Waals surface area contributed by atoms with Gasteiger partial charge in [0.15, 0.2) is 0 Å². The lowest BCUT2D eigenvalue weighted by Gasteiger charge is -2.08. The van der Waals surface area contributed by atoms with E-state index in [1.54, 1.807) is 37.3 Å². The molecule has 0 aliphatic heterocycles. The third kappa shape index (κ3) is 4.07. The molecule has 0 spiro atoms. The zero-order valence-electron chi connectivity index (χ0n) is 15.5. The van der Waals surface area contributed by atoms with Gasteiger partial charge < -0.3 is 15.6 Å². The second-order valence-corrected chi connectivity index (χ2v) is 7.80. The first-order chi connectivity index (χ1) is 14.3. The van der Waals surface area contributed by atoms with Crippen LogP contribution in [0.25, 0.3) is 11.0 Å². The smallest absolute Gasteiger partial charge is 0.256 e. The van der Waals surface area contributed by atoms with Crippen LogP contribution in [0.4, 0.5) is 21.7 Å². The summed E-state index contributed by atoms with van der Waals surface area (Å²) in [5.41, 5.74) is 3.26. The average Bonchev–Trinajstić information content (AvgIpc) is 3.08. The zero-order chi connectivity index (χ0) is 21.4. The summed E-state index contributed by atoms with van der Waals surface area (Å²) in [6, 6.07) is 12.7. The Bertz CT molecular complexity index is 1270. The number of nitrogens with one attached hydrogen (secondary N) is 3. The quantitative estimate of drug-likeness (QED) is 0.306. The second-order valence-electron chi connectivity index (χ2n) is 6.57. The number of benzene rings is 3. The molecule has 0 bridgehead atoms. The van der Waals surface area contributed by atoms with E-state index in [-0.39, 0.29) is 10.9 Å². The fraction of sp³-hybridized carbons (Fsp3) is 0.0476. The number of hydrogen-bond donors (Lipinski definition) is 3. The number of carbonyl (C=O) groups is 1. The summed E-state index contributed by atoms with van der Waals surface area (Å²) in [6.45, 7) is 1.80. The van der Waals surface area contributed by atoms with Crippen LogP contribution in [-0.4, -0.2) is 15.9 Å². The van der Waals surface area contributed by atoms with Gasteiger partial charge in [0, 0.05) is 11.3 Å². The van der Waals surface area contributed by atoms with Crippen LogP contribution in [0.2, 0.25) is 15.1 Å². The number of rotatable bonds is 4. The van der Waals surface area contributed by atoms with Gasteiger partial charge in [-0.05, 0) is 55.0 Å². The van der Waals surface area contributed by atoms with Crippen molar-refractivity contribution in [1.29, 1.82) is 0 Å². The first-order valence-electron chi connectivity index (χ1n) is 8.79. The van der Waals surface area contributed by atoms with Gasteiger partial charge in [-0.1, -0.05) is 40.9 Å². The molecule has 1 amide bonds. The highest BCUT2D eigenvalue weighted by Gasteiger charge is 2.15. The summed E-state index contributed by atoms with van der Waals surface area (Å²) in [6.07, 6.45) is 0. The molecule has 0 unspecified atom stereocenters. The number of fused-ring (bicyclic) bond motifs is 1. The fourth-order valence-electron chi connectivity index (χ4n) is 2.98. The maximum absolute atomic E-state index is 13.6. The maximum atomic E-state index is 13.6. The van der Waals surface area contributed by atoms with Gasteiger partial charge in [0.2, 0.25) is 5.95 Å². The van der Waals surface area contributed by atoms with E-state index in [1.807, 2.05) is 0 Å². The minimum atomic E-state index is -0.608. The van der Waals surface area contributed by atoms with E-state index in [0.717, 1.165) is 17.1 Å². The van der Waals surface area contributed by atoms with Crippen molar-refractivity contribution in [3.63, 3.8) is 0 Å². The van der Waals surface area contributed by atoms with Crippen LogP contribution in [-0.2, 0) is 0 Å². The van der Waals surface area contributed by atoms with Crippen molar-refractivity contribution in [2.75, 3.05) is 10.6 Å². The molecule has 1 heterocycles. The van der Waals surface area contributed by atoms with Crippen molar-refractivity contribution < 1.29 is 9.18 Å². The van der Waals surface area contributed by atoms with Crippen molar-refractivity contribution in [1.82, 2.24) is 9.97 Å². The molecule has 0 aliphatic carbocycles. The zero-order valence-corrected chi connectivity index (χ0v) is 17.8. The summed E-state index contributed by atoms with van der Waals surface area (Å²) < 4.78 is 13.6. The van der Waals surface area contributed by atoms with E-state index in [2.05, 4.69) is 20.6 Å². The maximum Gasteiger partial charge on any atom is 0.256 e. The number of aromatic nitrogens is 2. The lowest BCUT2D eigenvalue weighted by Crippen LogP contribution is -2.13. The number of carbonyl (C=O) groups excluding carboxylic acids is 1. The van der Waals surface area contributed by atoms with E-state index in [4.69, 9.17) is 34.8 Å². The number of aromatic amines is 1. The summed E-state index contributed by atoms with van der Waals surface area (Å²) in [5.74, 6) is -0.567.